The van der Waals surface area contributed by atoms with Gasteiger partial charge in [-0.3, -0.25) is 4.98 Å². The first kappa shape index (κ1) is 14.3. The number of hydrogen-bond donors (Lipinski definition) is 1. The van der Waals surface area contributed by atoms with Gasteiger partial charge >= 0.3 is 0 Å². The highest BCUT2D eigenvalue weighted by molar-refractivity contribution is 5.27. The van der Waals surface area contributed by atoms with Gasteiger partial charge in [0.2, 0.25) is 0 Å². The second-order valence-electron chi connectivity index (χ2n) is 5.95. The molecule has 0 amide bonds. The summed E-state index contributed by atoms with van der Waals surface area (Å²) in [6, 6.07) is 17.7. The Morgan fingerprint density at radius 3 is 2.24 bits per heavy atom. The van der Waals surface area contributed by atoms with Crippen LogP contribution in [0.2, 0.25) is 0 Å². The number of benzene rings is 1. The van der Waals surface area contributed by atoms with Crippen molar-refractivity contribution in [2.24, 2.45) is 0 Å². The zero-order valence-corrected chi connectivity index (χ0v) is 12.5. The molecular weight excluding hydrogens is 256 g/mol. The molecule has 110 valence electrons. The Hall–Kier alpha value is -1.67. The van der Waals surface area contributed by atoms with Gasteiger partial charge in [-0.1, -0.05) is 62.1 Å². The van der Waals surface area contributed by atoms with Gasteiger partial charge in [-0.05, 0) is 30.5 Å². The summed E-state index contributed by atoms with van der Waals surface area (Å²) in [5.41, 5.74) is 2.42. The van der Waals surface area contributed by atoms with Crippen molar-refractivity contribution in [1.82, 2.24) is 10.3 Å². The van der Waals surface area contributed by atoms with Gasteiger partial charge in [0.1, 0.15) is 0 Å². The van der Waals surface area contributed by atoms with Crippen molar-refractivity contribution >= 4 is 0 Å². The molecule has 1 unspecified atom stereocenters. The summed E-state index contributed by atoms with van der Waals surface area (Å²) in [5, 5.41) is 3.87. The summed E-state index contributed by atoms with van der Waals surface area (Å²) in [4.78, 5) is 4.58. The summed E-state index contributed by atoms with van der Waals surface area (Å²) >= 11 is 0. The Morgan fingerprint density at radius 1 is 0.857 bits per heavy atom. The highest BCUT2D eigenvalue weighted by atomic mass is 15.0. The van der Waals surface area contributed by atoms with E-state index in [-0.39, 0.29) is 6.04 Å². The summed E-state index contributed by atoms with van der Waals surface area (Å²) in [5.74, 6) is 0. The summed E-state index contributed by atoms with van der Waals surface area (Å²) in [6.45, 7) is 0. The molecule has 0 spiro atoms. The molecule has 21 heavy (non-hydrogen) atoms. The highest BCUT2D eigenvalue weighted by Crippen LogP contribution is 2.24. The van der Waals surface area contributed by atoms with Crippen LogP contribution in [0.15, 0.2) is 54.7 Å². The van der Waals surface area contributed by atoms with E-state index in [2.05, 4.69) is 52.8 Å². The van der Waals surface area contributed by atoms with Gasteiger partial charge in [-0.2, -0.15) is 0 Å². The number of hydrogen-bond acceptors (Lipinski definition) is 2. The average Bonchev–Trinajstić information content (AvgIpc) is 2.83. The van der Waals surface area contributed by atoms with E-state index in [9.17, 15) is 0 Å². The maximum Gasteiger partial charge on any atom is 0.0753 e. The lowest BCUT2D eigenvalue weighted by Crippen LogP contribution is -2.33. The Kier molecular flexibility index (Phi) is 5.01. The first-order valence-electron chi connectivity index (χ1n) is 8.15. The van der Waals surface area contributed by atoms with Gasteiger partial charge in [0.15, 0.2) is 0 Å². The van der Waals surface area contributed by atoms with Crippen LogP contribution in [0.3, 0.4) is 0 Å². The van der Waals surface area contributed by atoms with E-state index in [0.717, 1.165) is 5.69 Å². The summed E-state index contributed by atoms with van der Waals surface area (Å²) in [7, 11) is 0. The monoisotopic (exact) mass is 280 g/mol. The van der Waals surface area contributed by atoms with Crippen LogP contribution in [0.25, 0.3) is 0 Å². The van der Waals surface area contributed by atoms with Gasteiger partial charge < -0.3 is 5.32 Å². The van der Waals surface area contributed by atoms with Crippen molar-refractivity contribution in [3.63, 3.8) is 0 Å². The van der Waals surface area contributed by atoms with E-state index in [1.54, 1.807) is 0 Å². The summed E-state index contributed by atoms with van der Waals surface area (Å²) in [6.07, 6.45) is 9.94. The molecule has 1 fully saturated rings. The van der Waals surface area contributed by atoms with Gasteiger partial charge in [0, 0.05) is 12.2 Å². The molecule has 0 bridgehead atoms. The molecule has 2 aromatic rings. The fourth-order valence-corrected chi connectivity index (χ4v) is 3.23. The van der Waals surface area contributed by atoms with E-state index in [0.29, 0.717) is 6.04 Å². The molecule has 1 aromatic carbocycles. The van der Waals surface area contributed by atoms with Crippen LogP contribution in [0.4, 0.5) is 0 Å². The standard InChI is InChI=1S/C19H24N2/c1-2-7-13-17(12-6-1)21-19(16-10-4-3-5-11-16)18-14-8-9-15-20-18/h3-5,8-11,14-15,17,19,21H,1-2,6-7,12-13H2. The second kappa shape index (κ2) is 7.37. The molecule has 1 N–H and O–H groups in total. The van der Waals surface area contributed by atoms with Gasteiger partial charge in [-0.25, -0.2) is 0 Å². The van der Waals surface area contributed by atoms with Crippen LogP contribution >= 0.6 is 0 Å². The highest BCUT2D eigenvalue weighted by Gasteiger charge is 2.20. The molecule has 0 radical (unpaired) electrons. The van der Waals surface area contributed by atoms with E-state index >= 15 is 0 Å². The van der Waals surface area contributed by atoms with Crippen molar-refractivity contribution in [3.05, 3.63) is 66.0 Å². The van der Waals surface area contributed by atoms with E-state index in [1.165, 1.54) is 44.1 Å². The van der Waals surface area contributed by atoms with E-state index in [1.807, 2.05) is 12.3 Å². The third-order valence-corrected chi connectivity index (χ3v) is 4.37. The van der Waals surface area contributed by atoms with Gasteiger partial charge in [0.25, 0.3) is 0 Å². The first-order chi connectivity index (χ1) is 10.4. The van der Waals surface area contributed by atoms with Crippen LogP contribution in [-0.2, 0) is 0 Å². The third-order valence-electron chi connectivity index (χ3n) is 4.37. The van der Waals surface area contributed by atoms with Crippen molar-refractivity contribution in [2.45, 2.75) is 50.6 Å². The molecule has 3 rings (SSSR count). The predicted octanol–water partition coefficient (Wildman–Crippen LogP) is 4.48. The smallest absolute Gasteiger partial charge is 0.0753 e. The second-order valence-corrected chi connectivity index (χ2v) is 5.95. The number of nitrogens with zero attached hydrogens (tertiary/aromatic N) is 1. The maximum atomic E-state index is 4.58. The molecular formula is C19H24N2. The predicted molar refractivity (Wildman–Crippen MR) is 87.1 cm³/mol. The molecule has 1 aromatic heterocycles. The molecule has 1 saturated carbocycles. The van der Waals surface area contributed by atoms with Crippen LogP contribution in [0.1, 0.15) is 55.8 Å². The van der Waals surface area contributed by atoms with Crippen molar-refractivity contribution in [1.29, 1.82) is 0 Å². The SMILES string of the molecule is c1ccc(C(NC2CCCCCC2)c2ccccn2)cc1. The van der Waals surface area contributed by atoms with Crippen LogP contribution in [0.5, 0.6) is 0 Å². The number of nitrogens with one attached hydrogen (secondary N) is 1. The Bertz CT molecular complexity index is 476. The van der Waals surface area contributed by atoms with Crippen LogP contribution in [-0.4, -0.2) is 11.0 Å². The first-order valence-corrected chi connectivity index (χ1v) is 8.15. The fraction of sp³-hybridized carbons (Fsp3) is 0.421. The molecule has 1 atom stereocenters. The Labute approximate surface area is 127 Å². The van der Waals surface area contributed by atoms with Crippen LogP contribution in [0, 0.1) is 0 Å². The maximum absolute atomic E-state index is 4.58. The molecule has 0 aliphatic heterocycles. The van der Waals surface area contributed by atoms with Gasteiger partial charge in [-0.15, -0.1) is 0 Å². The zero-order chi connectivity index (χ0) is 14.3. The molecule has 1 aliphatic carbocycles. The number of pyridine rings is 1. The fourth-order valence-electron chi connectivity index (χ4n) is 3.23. The normalized spacial score (nSPS) is 18.1. The molecule has 2 nitrogen and oxygen atoms in total. The number of rotatable bonds is 4. The lowest BCUT2D eigenvalue weighted by molar-refractivity contribution is 0.423. The number of aromatic nitrogens is 1. The summed E-state index contributed by atoms with van der Waals surface area (Å²) < 4.78 is 0. The molecule has 1 heterocycles. The third kappa shape index (κ3) is 3.92. The Balaban J connectivity index is 1.82. The zero-order valence-electron chi connectivity index (χ0n) is 12.5. The quantitative estimate of drug-likeness (QED) is 0.835. The largest absolute Gasteiger partial charge is 0.302 e. The molecule has 1 aliphatic rings. The van der Waals surface area contributed by atoms with Gasteiger partial charge in [0.05, 0.1) is 11.7 Å². The molecule has 0 saturated heterocycles. The average molecular weight is 280 g/mol. The van der Waals surface area contributed by atoms with Crippen molar-refractivity contribution in [2.75, 3.05) is 0 Å². The van der Waals surface area contributed by atoms with E-state index < -0.39 is 0 Å². The van der Waals surface area contributed by atoms with Crippen molar-refractivity contribution in [3.8, 4) is 0 Å². The van der Waals surface area contributed by atoms with E-state index in [4.69, 9.17) is 0 Å². The molecule has 2 heteroatoms. The lowest BCUT2D eigenvalue weighted by Gasteiger charge is -2.25. The minimum absolute atomic E-state index is 0.204. The van der Waals surface area contributed by atoms with Crippen LogP contribution < -0.4 is 5.32 Å². The topological polar surface area (TPSA) is 24.9 Å². The Morgan fingerprint density at radius 2 is 1.57 bits per heavy atom. The minimum Gasteiger partial charge on any atom is -0.302 e. The van der Waals surface area contributed by atoms with Crippen molar-refractivity contribution < 1.29 is 0 Å². The lowest BCUT2D eigenvalue weighted by atomic mass is 10.00. The minimum atomic E-state index is 0.204.